The van der Waals surface area contributed by atoms with Gasteiger partial charge < -0.3 is 20.5 Å². The number of anilines is 1. The van der Waals surface area contributed by atoms with Crippen molar-refractivity contribution in [1.82, 2.24) is 0 Å². The van der Waals surface area contributed by atoms with Crippen molar-refractivity contribution in [3.05, 3.63) is 54.1 Å². The molecule has 138 valence electrons. The van der Waals surface area contributed by atoms with Crippen LogP contribution in [0.3, 0.4) is 0 Å². The topological polar surface area (TPSA) is 68.9 Å². The lowest BCUT2D eigenvalue weighted by atomic mass is 10.1. The first kappa shape index (κ1) is 18.8. The molecule has 1 aliphatic heterocycles. The summed E-state index contributed by atoms with van der Waals surface area (Å²) in [6, 6.07) is 16.6. The smallest absolute Gasteiger partial charge is 0.193 e. The fourth-order valence-corrected chi connectivity index (χ4v) is 3.13. The summed E-state index contributed by atoms with van der Waals surface area (Å²) in [5.41, 5.74) is 8.30. The molecular weight excluding hydrogens is 441 g/mol. The minimum atomic E-state index is 0. The van der Waals surface area contributed by atoms with E-state index >= 15 is 0 Å². The quantitative estimate of drug-likeness (QED) is 0.409. The number of halogens is 1. The molecule has 1 heterocycles. The van der Waals surface area contributed by atoms with Gasteiger partial charge in [-0.15, -0.1) is 24.0 Å². The maximum atomic E-state index is 6.08. The zero-order chi connectivity index (χ0) is 17.1. The fraction of sp³-hybridized carbons (Fsp3) is 0.350. The van der Waals surface area contributed by atoms with E-state index in [4.69, 9.17) is 15.2 Å². The Kier molecular flexibility index (Phi) is 6.24. The maximum absolute atomic E-state index is 6.08. The number of fused-ring (bicyclic) bond motifs is 1. The van der Waals surface area contributed by atoms with Gasteiger partial charge >= 0.3 is 0 Å². The second-order valence-corrected chi connectivity index (χ2v) is 6.60. The normalized spacial score (nSPS) is 21.3. The first-order valence-corrected chi connectivity index (χ1v) is 8.82. The van der Waals surface area contributed by atoms with Crippen molar-refractivity contribution < 1.29 is 9.47 Å². The first-order chi connectivity index (χ1) is 12.3. The summed E-state index contributed by atoms with van der Waals surface area (Å²) in [5.74, 6) is 2.58. The van der Waals surface area contributed by atoms with E-state index in [-0.39, 0.29) is 24.0 Å². The largest absolute Gasteiger partial charge is 0.490 e. The van der Waals surface area contributed by atoms with Gasteiger partial charge in [0.15, 0.2) is 17.5 Å². The second-order valence-electron chi connectivity index (χ2n) is 6.60. The van der Waals surface area contributed by atoms with Crippen LogP contribution >= 0.6 is 24.0 Å². The number of hydrogen-bond acceptors (Lipinski definition) is 3. The van der Waals surface area contributed by atoms with Crippen molar-refractivity contribution in [3.63, 3.8) is 0 Å². The first-order valence-electron chi connectivity index (χ1n) is 8.82. The summed E-state index contributed by atoms with van der Waals surface area (Å²) >= 11 is 0. The van der Waals surface area contributed by atoms with E-state index in [1.807, 2.05) is 24.3 Å². The summed E-state index contributed by atoms with van der Waals surface area (Å²) in [5, 5.41) is 3.16. The highest BCUT2D eigenvalue weighted by Gasteiger charge is 2.37. The van der Waals surface area contributed by atoms with Gasteiger partial charge in [0.05, 0.1) is 19.3 Å². The molecule has 2 aromatic rings. The minimum absolute atomic E-state index is 0. The molecule has 26 heavy (non-hydrogen) atoms. The van der Waals surface area contributed by atoms with Gasteiger partial charge in [-0.25, -0.2) is 4.99 Å². The molecule has 2 aliphatic rings. The molecule has 6 heteroatoms. The molecule has 2 unspecified atom stereocenters. The van der Waals surface area contributed by atoms with Gasteiger partial charge in [0.2, 0.25) is 0 Å². The molecule has 0 radical (unpaired) electrons. The van der Waals surface area contributed by atoms with Crippen molar-refractivity contribution >= 4 is 35.6 Å². The van der Waals surface area contributed by atoms with Crippen LogP contribution in [0.25, 0.3) is 0 Å². The van der Waals surface area contributed by atoms with E-state index in [9.17, 15) is 0 Å². The molecular formula is C20H24IN3O2. The van der Waals surface area contributed by atoms with Crippen LogP contribution in [-0.2, 0) is 6.42 Å². The summed E-state index contributed by atoms with van der Waals surface area (Å²) in [7, 11) is 0. The van der Waals surface area contributed by atoms with Crippen LogP contribution in [0.1, 0.15) is 18.4 Å². The average Bonchev–Trinajstić information content (AvgIpc) is 3.38. The lowest BCUT2D eigenvalue weighted by Crippen LogP contribution is -2.23. The average molecular weight is 465 g/mol. The number of guanidine groups is 1. The molecule has 1 saturated carbocycles. The number of nitrogens with two attached hydrogens (primary N) is 1. The predicted octanol–water partition coefficient (Wildman–Crippen LogP) is 3.82. The van der Waals surface area contributed by atoms with E-state index in [0.717, 1.165) is 36.4 Å². The van der Waals surface area contributed by atoms with Gasteiger partial charge in [-0.3, -0.25) is 0 Å². The summed E-state index contributed by atoms with van der Waals surface area (Å²) < 4.78 is 11.3. The van der Waals surface area contributed by atoms with E-state index in [1.165, 1.54) is 5.56 Å². The molecule has 0 amide bonds. The van der Waals surface area contributed by atoms with Gasteiger partial charge in [0, 0.05) is 18.2 Å². The van der Waals surface area contributed by atoms with E-state index in [2.05, 4.69) is 34.6 Å². The van der Waals surface area contributed by atoms with Gasteiger partial charge in [-0.05, 0) is 36.5 Å². The molecule has 1 aliphatic carbocycles. The Labute approximate surface area is 171 Å². The highest BCUT2D eigenvalue weighted by molar-refractivity contribution is 14.0. The van der Waals surface area contributed by atoms with Crippen molar-refractivity contribution in [2.45, 2.75) is 25.3 Å². The second kappa shape index (κ2) is 8.62. The molecule has 1 fully saturated rings. The number of hydrogen-bond donors (Lipinski definition) is 2. The maximum Gasteiger partial charge on any atom is 0.193 e. The standard InChI is InChI=1S/C20H23N3O2.HI/c21-20(23-17-12-15(17)11-14-5-2-1-3-6-14)22-16-7-8-18-19(13-16)25-10-4-9-24-18;/h1-3,5-8,13,15,17H,4,9-12H2,(H3,21,22,23);1H. The fourth-order valence-electron chi connectivity index (χ4n) is 3.13. The van der Waals surface area contributed by atoms with E-state index in [1.54, 1.807) is 0 Å². The Bertz CT molecular complexity index is 767. The molecule has 0 saturated heterocycles. The number of nitrogens with zero attached hydrogens (tertiary/aromatic N) is 1. The highest BCUT2D eigenvalue weighted by atomic mass is 127. The number of nitrogens with one attached hydrogen (secondary N) is 1. The van der Waals surface area contributed by atoms with Gasteiger partial charge in [-0.2, -0.15) is 0 Å². The van der Waals surface area contributed by atoms with Gasteiger partial charge in [-0.1, -0.05) is 30.3 Å². The number of benzene rings is 2. The van der Waals surface area contributed by atoms with Crippen molar-refractivity contribution in [2.24, 2.45) is 16.6 Å². The Morgan fingerprint density at radius 3 is 2.65 bits per heavy atom. The van der Waals surface area contributed by atoms with Crippen LogP contribution in [0.15, 0.2) is 53.5 Å². The van der Waals surface area contributed by atoms with Crippen molar-refractivity contribution in [3.8, 4) is 11.5 Å². The lowest BCUT2D eigenvalue weighted by molar-refractivity contribution is 0.297. The van der Waals surface area contributed by atoms with Crippen LogP contribution < -0.4 is 20.5 Å². The Morgan fingerprint density at radius 2 is 1.85 bits per heavy atom. The molecule has 0 aromatic heterocycles. The monoisotopic (exact) mass is 465 g/mol. The van der Waals surface area contributed by atoms with Crippen LogP contribution in [0.2, 0.25) is 0 Å². The molecule has 2 aromatic carbocycles. The van der Waals surface area contributed by atoms with E-state index < -0.39 is 0 Å². The zero-order valence-electron chi connectivity index (χ0n) is 14.6. The summed E-state index contributed by atoms with van der Waals surface area (Å²) in [6.45, 7) is 1.36. The van der Waals surface area contributed by atoms with Crippen LogP contribution in [0, 0.1) is 5.92 Å². The molecule has 0 spiro atoms. The number of aliphatic imine (C=N–C) groups is 1. The molecule has 0 bridgehead atoms. The lowest BCUT2D eigenvalue weighted by Gasteiger charge is -2.10. The van der Waals surface area contributed by atoms with Crippen molar-refractivity contribution in [2.75, 3.05) is 18.5 Å². The Balaban J connectivity index is 0.00000196. The predicted molar refractivity (Wildman–Crippen MR) is 115 cm³/mol. The molecule has 2 atom stereocenters. The third kappa shape index (κ3) is 4.81. The third-order valence-electron chi connectivity index (χ3n) is 4.55. The van der Waals surface area contributed by atoms with Crippen LogP contribution in [0.4, 0.5) is 5.69 Å². The number of rotatable bonds is 4. The van der Waals surface area contributed by atoms with Gasteiger partial charge in [0.25, 0.3) is 0 Å². The molecule has 3 N–H and O–H groups in total. The highest BCUT2D eigenvalue weighted by Crippen LogP contribution is 2.37. The minimum Gasteiger partial charge on any atom is -0.490 e. The van der Waals surface area contributed by atoms with E-state index in [0.29, 0.717) is 31.1 Å². The van der Waals surface area contributed by atoms with Gasteiger partial charge in [0.1, 0.15) is 0 Å². The number of ether oxygens (including phenoxy) is 2. The zero-order valence-corrected chi connectivity index (χ0v) is 16.9. The third-order valence-corrected chi connectivity index (χ3v) is 4.55. The van der Waals surface area contributed by atoms with Crippen LogP contribution in [-0.4, -0.2) is 25.2 Å². The SMILES string of the molecule is I.NC(=NC1CC1Cc1ccccc1)Nc1ccc2c(c1)OCCCO2. The van der Waals surface area contributed by atoms with Crippen LogP contribution in [0.5, 0.6) is 11.5 Å². The summed E-state index contributed by atoms with van der Waals surface area (Å²) in [6.07, 6.45) is 3.05. The Hall–Kier alpha value is -1.96. The molecule has 5 nitrogen and oxygen atoms in total. The summed E-state index contributed by atoms with van der Waals surface area (Å²) in [4.78, 5) is 4.60. The molecule has 4 rings (SSSR count). The Morgan fingerprint density at radius 1 is 1.08 bits per heavy atom. The van der Waals surface area contributed by atoms with Crippen molar-refractivity contribution in [1.29, 1.82) is 0 Å².